The van der Waals surface area contributed by atoms with Gasteiger partial charge in [0.1, 0.15) is 0 Å². The zero-order chi connectivity index (χ0) is 12.3. The Morgan fingerprint density at radius 2 is 2.25 bits per heavy atom. The van der Waals surface area contributed by atoms with Gasteiger partial charge in [0.15, 0.2) is 4.60 Å². The van der Waals surface area contributed by atoms with Crippen molar-refractivity contribution in [1.29, 1.82) is 0 Å². The average Bonchev–Trinajstić information content (AvgIpc) is 2.55. The van der Waals surface area contributed by atoms with Crippen molar-refractivity contribution in [2.75, 3.05) is 13.1 Å². The maximum atomic E-state index is 12.2. The number of halogens is 1. The summed E-state index contributed by atoms with van der Waals surface area (Å²) in [6.07, 6.45) is 5.13. The number of terminal acetylenes is 1. The third-order valence-electron chi connectivity index (χ3n) is 1.94. The van der Waals surface area contributed by atoms with Crippen molar-refractivity contribution >= 4 is 26.0 Å². The second-order valence-electron chi connectivity index (χ2n) is 2.94. The van der Waals surface area contributed by atoms with Crippen LogP contribution >= 0.6 is 15.9 Å². The number of nitrogens with zero attached hydrogens (tertiary/aromatic N) is 4. The second-order valence-corrected chi connectivity index (χ2v) is 5.55. The first kappa shape index (κ1) is 13.2. The highest BCUT2D eigenvalue weighted by atomic mass is 79.9. The van der Waals surface area contributed by atoms with Gasteiger partial charge < -0.3 is 0 Å². The van der Waals surface area contributed by atoms with Gasteiger partial charge in [-0.3, -0.25) is 0 Å². The minimum Gasteiger partial charge on any atom is -0.235 e. The molecule has 1 rings (SSSR count). The van der Waals surface area contributed by atoms with Crippen molar-refractivity contribution in [3.63, 3.8) is 0 Å². The van der Waals surface area contributed by atoms with Crippen LogP contribution in [0.4, 0.5) is 0 Å². The number of sulfonamides is 1. The molecule has 0 amide bonds. The predicted octanol–water partition coefficient (Wildman–Crippen LogP) is 0.221. The fraction of sp³-hybridized carbons (Fsp3) is 0.500. The first-order valence-corrected chi connectivity index (χ1v) is 6.67. The van der Waals surface area contributed by atoms with Gasteiger partial charge in [-0.15, -0.1) is 11.5 Å². The molecule has 0 unspecified atom stereocenters. The Morgan fingerprint density at radius 3 is 2.62 bits per heavy atom. The zero-order valence-electron chi connectivity index (χ0n) is 8.88. The Hall–Kier alpha value is -0.910. The van der Waals surface area contributed by atoms with Crippen molar-refractivity contribution in [3.8, 4) is 12.3 Å². The van der Waals surface area contributed by atoms with Crippen LogP contribution < -0.4 is 0 Å². The molecule has 0 spiro atoms. The second kappa shape index (κ2) is 4.95. The lowest BCUT2D eigenvalue weighted by Gasteiger charge is -2.17. The van der Waals surface area contributed by atoms with Gasteiger partial charge in [-0.2, -0.15) is 4.31 Å². The highest BCUT2D eigenvalue weighted by Crippen LogP contribution is 2.21. The molecule has 0 bridgehead atoms. The minimum absolute atomic E-state index is 0.00426. The summed E-state index contributed by atoms with van der Waals surface area (Å²) < 4.78 is 26.9. The van der Waals surface area contributed by atoms with Crippen LogP contribution in [0.1, 0.15) is 6.92 Å². The largest absolute Gasteiger partial charge is 0.263 e. The molecular weight excluding hydrogens is 296 g/mol. The molecular formula is C8H11BrN4O2S. The monoisotopic (exact) mass is 306 g/mol. The van der Waals surface area contributed by atoms with Crippen molar-refractivity contribution in [1.82, 2.24) is 19.3 Å². The fourth-order valence-electron chi connectivity index (χ4n) is 1.19. The van der Waals surface area contributed by atoms with Crippen molar-refractivity contribution < 1.29 is 8.42 Å². The van der Waals surface area contributed by atoms with Gasteiger partial charge in [0.05, 0.1) is 6.54 Å². The zero-order valence-corrected chi connectivity index (χ0v) is 11.3. The summed E-state index contributed by atoms with van der Waals surface area (Å²) in [6, 6.07) is 0. The van der Waals surface area contributed by atoms with E-state index >= 15 is 0 Å². The smallest absolute Gasteiger partial charge is 0.235 e. The van der Waals surface area contributed by atoms with E-state index in [1.165, 1.54) is 16.0 Å². The molecule has 6 nitrogen and oxygen atoms in total. The Morgan fingerprint density at radius 1 is 1.62 bits per heavy atom. The Bertz CT molecular complexity index is 497. The molecule has 0 fully saturated rings. The molecule has 0 aliphatic rings. The van der Waals surface area contributed by atoms with Crippen LogP contribution in [-0.4, -0.2) is 40.8 Å². The molecule has 0 atom stereocenters. The van der Waals surface area contributed by atoms with E-state index in [9.17, 15) is 8.42 Å². The van der Waals surface area contributed by atoms with Gasteiger partial charge in [-0.1, -0.05) is 18.1 Å². The topological polar surface area (TPSA) is 68.1 Å². The summed E-state index contributed by atoms with van der Waals surface area (Å²) >= 11 is 3.05. The van der Waals surface area contributed by atoms with Crippen LogP contribution in [0.3, 0.4) is 0 Å². The van der Waals surface area contributed by atoms with Gasteiger partial charge in [0.2, 0.25) is 5.03 Å². The van der Waals surface area contributed by atoms with Gasteiger partial charge >= 0.3 is 0 Å². The van der Waals surface area contributed by atoms with Crippen LogP contribution in [0.5, 0.6) is 0 Å². The minimum atomic E-state index is -3.65. The molecule has 1 aromatic heterocycles. The maximum absolute atomic E-state index is 12.2. The third kappa shape index (κ3) is 2.26. The van der Waals surface area contributed by atoms with E-state index in [0.717, 1.165) is 0 Å². The molecule has 0 saturated carbocycles. The number of hydrogen-bond donors (Lipinski definition) is 0. The average molecular weight is 307 g/mol. The van der Waals surface area contributed by atoms with Crippen molar-refractivity contribution in [3.05, 3.63) is 4.60 Å². The molecule has 0 saturated heterocycles. The summed E-state index contributed by atoms with van der Waals surface area (Å²) in [4.78, 5) is 0. The predicted molar refractivity (Wildman–Crippen MR) is 62.0 cm³/mol. The van der Waals surface area contributed by atoms with Crippen LogP contribution in [0.25, 0.3) is 0 Å². The molecule has 0 aromatic carbocycles. The van der Waals surface area contributed by atoms with E-state index in [2.05, 4.69) is 32.2 Å². The SMILES string of the molecule is C#CCN(CC)S(=O)(=O)c1c(Br)nnn1C. The summed E-state index contributed by atoms with van der Waals surface area (Å²) in [6.45, 7) is 2.03. The van der Waals surface area contributed by atoms with Crippen LogP contribution in [-0.2, 0) is 17.1 Å². The van der Waals surface area contributed by atoms with E-state index in [4.69, 9.17) is 6.42 Å². The van der Waals surface area contributed by atoms with E-state index in [-0.39, 0.29) is 16.2 Å². The lowest BCUT2D eigenvalue weighted by atomic mass is 10.6. The third-order valence-corrected chi connectivity index (χ3v) is 4.75. The standard InChI is InChI=1S/C8H11BrN4O2S/c1-4-6-13(5-2)16(14,15)8-7(9)10-11-12(8)3/h1H,5-6H2,2-3H3. The Kier molecular flexibility index (Phi) is 4.07. The molecule has 8 heteroatoms. The Labute approximate surface area is 103 Å². The fourth-order valence-corrected chi connectivity index (χ4v) is 3.58. The van der Waals surface area contributed by atoms with E-state index in [1.54, 1.807) is 6.92 Å². The summed E-state index contributed by atoms with van der Waals surface area (Å²) in [7, 11) is -2.14. The molecule has 0 aliphatic carbocycles. The highest BCUT2D eigenvalue weighted by Gasteiger charge is 2.29. The van der Waals surface area contributed by atoms with E-state index in [1.807, 2.05) is 0 Å². The van der Waals surface area contributed by atoms with Gasteiger partial charge in [0.25, 0.3) is 10.0 Å². The maximum Gasteiger partial charge on any atom is 0.263 e. The molecule has 0 N–H and O–H groups in total. The summed E-state index contributed by atoms with van der Waals surface area (Å²) in [5, 5.41) is 7.26. The molecule has 0 aliphatic heterocycles. The Balaban J connectivity index is 3.26. The quantitative estimate of drug-likeness (QED) is 0.746. The first-order chi connectivity index (χ1) is 7.45. The molecule has 88 valence electrons. The lowest BCUT2D eigenvalue weighted by molar-refractivity contribution is 0.454. The number of aromatic nitrogens is 3. The molecule has 16 heavy (non-hydrogen) atoms. The van der Waals surface area contributed by atoms with Crippen molar-refractivity contribution in [2.45, 2.75) is 11.9 Å². The van der Waals surface area contributed by atoms with Crippen LogP contribution in [0, 0.1) is 12.3 Å². The van der Waals surface area contributed by atoms with Crippen molar-refractivity contribution in [2.24, 2.45) is 7.05 Å². The summed E-state index contributed by atoms with van der Waals surface area (Å²) in [5.41, 5.74) is 0. The first-order valence-electron chi connectivity index (χ1n) is 4.44. The number of hydrogen-bond acceptors (Lipinski definition) is 4. The van der Waals surface area contributed by atoms with E-state index < -0.39 is 10.0 Å². The highest BCUT2D eigenvalue weighted by molar-refractivity contribution is 9.10. The van der Waals surface area contributed by atoms with Gasteiger partial charge in [-0.25, -0.2) is 13.1 Å². The van der Waals surface area contributed by atoms with Crippen LogP contribution in [0.15, 0.2) is 9.63 Å². The lowest BCUT2D eigenvalue weighted by Crippen LogP contribution is -2.32. The number of aryl methyl sites for hydroxylation is 1. The summed E-state index contributed by atoms with van der Waals surface area (Å²) in [5.74, 6) is 2.31. The van der Waals surface area contributed by atoms with Gasteiger partial charge in [0, 0.05) is 13.6 Å². The van der Waals surface area contributed by atoms with E-state index in [0.29, 0.717) is 6.54 Å². The molecule has 0 radical (unpaired) electrons. The normalized spacial score (nSPS) is 11.7. The van der Waals surface area contributed by atoms with Gasteiger partial charge in [-0.05, 0) is 15.9 Å². The van der Waals surface area contributed by atoms with Crippen LogP contribution in [0.2, 0.25) is 0 Å². The molecule has 1 heterocycles. The molecule has 1 aromatic rings. The number of rotatable bonds is 4.